The maximum absolute atomic E-state index is 12.6. The van der Waals surface area contributed by atoms with Crippen molar-refractivity contribution in [2.75, 3.05) is 16.0 Å². The quantitative estimate of drug-likeness (QED) is 0.276. The number of aryl methyl sites for hydroxylation is 3. The van der Waals surface area contributed by atoms with Crippen molar-refractivity contribution in [3.8, 4) is 0 Å². The SMILES string of the molecule is Cc1ccnc(Nc2cc(Nc3ccc(NC(=O)CCn4cnc5ccccc5c4=O)cc3)nc(C)n2)c1. The summed E-state index contributed by atoms with van der Waals surface area (Å²) in [6.07, 6.45) is 3.36. The van der Waals surface area contributed by atoms with Gasteiger partial charge in [-0.1, -0.05) is 12.1 Å². The highest BCUT2D eigenvalue weighted by molar-refractivity contribution is 5.91. The molecule has 190 valence electrons. The number of hydrogen-bond donors (Lipinski definition) is 3. The molecule has 5 aromatic rings. The first-order valence-corrected chi connectivity index (χ1v) is 12.1. The van der Waals surface area contributed by atoms with Crippen LogP contribution in [0.1, 0.15) is 17.8 Å². The minimum Gasteiger partial charge on any atom is -0.340 e. The second-order valence-corrected chi connectivity index (χ2v) is 8.79. The summed E-state index contributed by atoms with van der Waals surface area (Å²) in [5, 5.41) is 9.86. The average molecular weight is 507 g/mol. The first-order chi connectivity index (χ1) is 18.4. The molecule has 0 aliphatic heterocycles. The highest BCUT2D eigenvalue weighted by atomic mass is 16.2. The molecule has 2 aromatic carbocycles. The number of nitrogens with one attached hydrogen (secondary N) is 3. The molecule has 0 bridgehead atoms. The van der Waals surface area contributed by atoms with Crippen molar-refractivity contribution >= 4 is 45.6 Å². The van der Waals surface area contributed by atoms with Crippen LogP contribution in [0.4, 0.5) is 28.8 Å². The lowest BCUT2D eigenvalue weighted by Gasteiger charge is -2.11. The number of pyridine rings is 1. The van der Waals surface area contributed by atoms with E-state index in [0.717, 1.165) is 11.3 Å². The summed E-state index contributed by atoms with van der Waals surface area (Å²) < 4.78 is 1.46. The van der Waals surface area contributed by atoms with E-state index in [2.05, 4.69) is 35.9 Å². The van der Waals surface area contributed by atoms with Gasteiger partial charge in [0.1, 0.15) is 23.3 Å². The minimum absolute atomic E-state index is 0.145. The lowest BCUT2D eigenvalue weighted by Crippen LogP contribution is -2.23. The predicted molar refractivity (Wildman–Crippen MR) is 148 cm³/mol. The third kappa shape index (κ3) is 5.98. The Morgan fingerprint density at radius 1 is 0.842 bits per heavy atom. The molecule has 0 saturated carbocycles. The molecule has 3 N–H and O–H groups in total. The Hall–Kier alpha value is -5.12. The standard InChI is InChI=1S/C28H26N8O2/c1-18-11-13-29-24(15-18)35-26-16-25(31-19(2)32-26)33-20-7-9-21(10-8-20)34-27(37)12-14-36-17-30-23-6-4-3-5-22(23)28(36)38/h3-11,13,15-17H,12,14H2,1-2H3,(H,34,37)(H2,29,31,32,33,35). The number of carbonyl (C=O) groups is 1. The van der Waals surface area contributed by atoms with E-state index in [1.807, 2.05) is 44.2 Å². The summed E-state index contributed by atoms with van der Waals surface area (Å²) in [5.41, 5.74) is 3.02. The van der Waals surface area contributed by atoms with Gasteiger partial charge in [-0.3, -0.25) is 14.2 Å². The van der Waals surface area contributed by atoms with E-state index < -0.39 is 0 Å². The van der Waals surface area contributed by atoms with Crippen molar-refractivity contribution in [2.45, 2.75) is 26.8 Å². The lowest BCUT2D eigenvalue weighted by atomic mass is 10.2. The summed E-state index contributed by atoms with van der Waals surface area (Å²) in [4.78, 5) is 42.6. The number of anilines is 5. The second kappa shape index (κ2) is 10.9. The van der Waals surface area contributed by atoms with Gasteiger partial charge >= 0.3 is 0 Å². The van der Waals surface area contributed by atoms with Gasteiger partial charge in [-0.2, -0.15) is 0 Å². The van der Waals surface area contributed by atoms with E-state index >= 15 is 0 Å². The van der Waals surface area contributed by atoms with E-state index in [1.54, 1.807) is 42.6 Å². The summed E-state index contributed by atoms with van der Waals surface area (Å²) in [5.74, 6) is 2.37. The number of benzene rings is 2. The molecular formula is C28H26N8O2. The minimum atomic E-state index is -0.197. The monoisotopic (exact) mass is 506 g/mol. The molecule has 0 fully saturated rings. The van der Waals surface area contributed by atoms with Crippen molar-refractivity contribution in [2.24, 2.45) is 0 Å². The van der Waals surface area contributed by atoms with Crippen LogP contribution in [0.2, 0.25) is 0 Å². The Morgan fingerprint density at radius 3 is 2.37 bits per heavy atom. The van der Waals surface area contributed by atoms with Gasteiger partial charge < -0.3 is 16.0 Å². The van der Waals surface area contributed by atoms with Gasteiger partial charge in [-0.15, -0.1) is 0 Å². The zero-order chi connectivity index (χ0) is 26.5. The van der Waals surface area contributed by atoms with Gasteiger partial charge in [0.25, 0.3) is 5.56 Å². The molecule has 38 heavy (non-hydrogen) atoms. The molecule has 10 heteroatoms. The van der Waals surface area contributed by atoms with E-state index in [1.165, 1.54) is 10.9 Å². The van der Waals surface area contributed by atoms with Crippen LogP contribution in [0.25, 0.3) is 10.9 Å². The third-order valence-electron chi connectivity index (χ3n) is 5.76. The molecular weight excluding hydrogens is 480 g/mol. The number of fused-ring (bicyclic) bond motifs is 1. The Kier molecular flexibility index (Phi) is 7.03. The molecule has 3 aromatic heterocycles. The van der Waals surface area contributed by atoms with Crippen LogP contribution in [0.15, 0.2) is 84.0 Å². The molecule has 3 heterocycles. The molecule has 0 unspecified atom stereocenters. The van der Waals surface area contributed by atoms with E-state index in [0.29, 0.717) is 39.9 Å². The number of carbonyl (C=O) groups excluding carboxylic acids is 1. The highest BCUT2D eigenvalue weighted by Crippen LogP contribution is 2.21. The van der Waals surface area contributed by atoms with Gasteiger partial charge in [0, 0.05) is 36.6 Å². The third-order valence-corrected chi connectivity index (χ3v) is 5.76. The molecule has 10 nitrogen and oxygen atoms in total. The summed E-state index contributed by atoms with van der Waals surface area (Å²) >= 11 is 0. The van der Waals surface area contributed by atoms with Crippen molar-refractivity contribution < 1.29 is 4.79 Å². The fourth-order valence-electron chi connectivity index (χ4n) is 3.93. The van der Waals surface area contributed by atoms with Gasteiger partial charge in [0.05, 0.1) is 17.2 Å². The van der Waals surface area contributed by atoms with Crippen LogP contribution in [-0.4, -0.2) is 30.4 Å². The van der Waals surface area contributed by atoms with E-state index in [4.69, 9.17) is 0 Å². The molecule has 0 spiro atoms. The van der Waals surface area contributed by atoms with Crippen molar-refractivity contribution in [3.63, 3.8) is 0 Å². The number of aromatic nitrogens is 5. The van der Waals surface area contributed by atoms with Crippen LogP contribution in [0, 0.1) is 13.8 Å². The van der Waals surface area contributed by atoms with Crippen LogP contribution in [-0.2, 0) is 11.3 Å². The first-order valence-electron chi connectivity index (χ1n) is 12.1. The predicted octanol–water partition coefficient (Wildman–Crippen LogP) is 4.71. The fraction of sp³-hybridized carbons (Fsp3) is 0.143. The zero-order valence-corrected chi connectivity index (χ0v) is 21.0. The molecule has 1 amide bonds. The molecule has 0 radical (unpaired) electrons. The van der Waals surface area contributed by atoms with Crippen LogP contribution in [0.5, 0.6) is 0 Å². The van der Waals surface area contributed by atoms with Gasteiger partial charge in [-0.05, 0) is 67.9 Å². The highest BCUT2D eigenvalue weighted by Gasteiger charge is 2.08. The van der Waals surface area contributed by atoms with Crippen LogP contribution < -0.4 is 21.5 Å². The molecule has 0 atom stereocenters. The molecule has 0 saturated heterocycles. The molecule has 0 aliphatic rings. The first kappa shape index (κ1) is 24.6. The van der Waals surface area contributed by atoms with Crippen LogP contribution >= 0.6 is 0 Å². The van der Waals surface area contributed by atoms with Crippen LogP contribution in [0.3, 0.4) is 0 Å². The zero-order valence-electron chi connectivity index (χ0n) is 21.0. The van der Waals surface area contributed by atoms with E-state index in [-0.39, 0.29) is 24.4 Å². The van der Waals surface area contributed by atoms with Crippen molar-refractivity contribution in [3.05, 3.63) is 101 Å². The average Bonchev–Trinajstić information content (AvgIpc) is 2.89. The van der Waals surface area contributed by atoms with Gasteiger partial charge in [-0.25, -0.2) is 19.9 Å². The largest absolute Gasteiger partial charge is 0.340 e. The Bertz CT molecular complexity index is 1660. The Labute approximate surface area is 218 Å². The summed E-state index contributed by atoms with van der Waals surface area (Å²) in [6.45, 7) is 4.06. The number of amides is 1. The maximum atomic E-state index is 12.6. The summed E-state index contributed by atoms with van der Waals surface area (Å²) in [6, 6.07) is 20.1. The Morgan fingerprint density at radius 2 is 1.58 bits per heavy atom. The van der Waals surface area contributed by atoms with Gasteiger partial charge in [0.15, 0.2) is 0 Å². The Balaban J connectivity index is 1.19. The number of nitrogens with zero attached hydrogens (tertiary/aromatic N) is 5. The van der Waals surface area contributed by atoms with E-state index in [9.17, 15) is 9.59 Å². The van der Waals surface area contributed by atoms with Gasteiger partial charge in [0.2, 0.25) is 5.91 Å². The molecule has 0 aliphatic carbocycles. The molecule has 5 rings (SSSR count). The fourth-order valence-corrected chi connectivity index (χ4v) is 3.93. The topological polar surface area (TPSA) is 127 Å². The lowest BCUT2D eigenvalue weighted by molar-refractivity contribution is -0.116. The smallest absolute Gasteiger partial charge is 0.261 e. The second-order valence-electron chi connectivity index (χ2n) is 8.79. The van der Waals surface area contributed by atoms with Crippen molar-refractivity contribution in [1.82, 2.24) is 24.5 Å². The maximum Gasteiger partial charge on any atom is 0.261 e. The number of rotatable bonds is 8. The summed E-state index contributed by atoms with van der Waals surface area (Å²) in [7, 11) is 0. The number of para-hydroxylation sites is 1. The normalized spacial score (nSPS) is 10.8. The van der Waals surface area contributed by atoms with Crippen molar-refractivity contribution in [1.29, 1.82) is 0 Å². The number of hydrogen-bond acceptors (Lipinski definition) is 8.